The van der Waals surface area contributed by atoms with Gasteiger partial charge in [0.05, 0.1) is 11.7 Å². The largest absolute Gasteiger partial charge is 0.346 e. The van der Waals surface area contributed by atoms with E-state index >= 15 is 0 Å². The molecule has 2 aromatic heterocycles. The fraction of sp³-hybridized carbons (Fsp3) is 0.111. The number of aromatic amines is 1. The molecule has 0 unspecified atom stereocenters. The lowest BCUT2D eigenvalue weighted by atomic mass is 10.2. The van der Waals surface area contributed by atoms with Crippen LogP contribution in [0.25, 0.3) is 11.0 Å². The van der Waals surface area contributed by atoms with Gasteiger partial charge in [-0.1, -0.05) is 0 Å². The maximum atomic E-state index is 4.51. The minimum atomic E-state index is 0.570. The molecule has 0 aliphatic heterocycles. The van der Waals surface area contributed by atoms with Gasteiger partial charge in [-0.2, -0.15) is 0 Å². The molecule has 3 nitrogen and oxygen atoms in total. The summed E-state index contributed by atoms with van der Waals surface area (Å²) in [6, 6.07) is 3.92. The molecule has 0 radical (unpaired) electrons. The molecule has 0 saturated carbocycles. The van der Waals surface area contributed by atoms with Crippen LogP contribution in [0.3, 0.4) is 0 Å². The summed E-state index contributed by atoms with van der Waals surface area (Å²) in [5, 5.41) is 3.44. The topological polar surface area (TPSA) is 41.0 Å². The zero-order valence-corrected chi connectivity index (χ0v) is 7.64. The third kappa shape index (κ3) is 1.49. The van der Waals surface area contributed by atoms with E-state index < -0.39 is 0 Å². The number of fused-ring (bicyclic) bond motifs is 1. The van der Waals surface area contributed by atoms with Gasteiger partial charge < -0.3 is 4.98 Å². The number of aromatic nitrogens is 2. The molecule has 0 atom stereocenters. The zero-order valence-electron chi connectivity index (χ0n) is 6.82. The lowest BCUT2D eigenvalue weighted by Crippen LogP contribution is -1.84. The van der Waals surface area contributed by atoms with Crippen LogP contribution in [0.2, 0.25) is 0 Å². The summed E-state index contributed by atoms with van der Waals surface area (Å²) in [5.74, 6) is 0. The van der Waals surface area contributed by atoms with E-state index in [0.29, 0.717) is 6.54 Å². The molecule has 2 aromatic rings. The number of nitrogens with zero attached hydrogens (tertiary/aromatic N) is 2. The van der Waals surface area contributed by atoms with Crippen LogP contribution >= 0.6 is 12.2 Å². The van der Waals surface area contributed by atoms with E-state index in [-0.39, 0.29) is 0 Å². The highest BCUT2D eigenvalue weighted by Crippen LogP contribution is 2.15. The molecule has 0 spiro atoms. The molecule has 2 heterocycles. The van der Waals surface area contributed by atoms with Gasteiger partial charge in [0.15, 0.2) is 0 Å². The molecule has 0 amide bonds. The lowest BCUT2D eigenvalue weighted by molar-refractivity contribution is 1.09. The van der Waals surface area contributed by atoms with Crippen LogP contribution in [0.15, 0.2) is 29.5 Å². The van der Waals surface area contributed by atoms with Crippen molar-refractivity contribution < 1.29 is 0 Å². The quantitative estimate of drug-likeness (QED) is 0.581. The minimum absolute atomic E-state index is 0.570. The molecule has 0 bridgehead atoms. The van der Waals surface area contributed by atoms with Gasteiger partial charge in [0.25, 0.3) is 0 Å². The van der Waals surface area contributed by atoms with Gasteiger partial charge in [-0.05, 0) is 29.9 Å². The second-order valence-electron chi connectivity index (χ2n) is 2.62. The molecule has 0 aromatic carbocycles. The standard InChI is InChI=1S/C9H7N3S/c13-6-10-5-7-1-3-11-9-8(7)2-4-12-9/h1-4H,5H2,(H,11,12). The first-order valence-electron chi connectivity index (χ1n) is 3.86. The van der Waals surface area contributed by atoms with Crippen molar-refractivity contribution in [1.82, 2.24) is 9.97 Å². The summed E-state index contributed by atoms with van der Waals surface area (Å²) in [6.07, 6.45) is 3.62. The van der Waals surface area contributed by atoms with Crippen molar-refractivity contribution >= 4 is 28.4 Å². The molecule has 0 saturated heterocycles. The van der Waals surface area contributed by atoms with Gasteiger partial charge in [-0.25, -0.2) is 9.98 Å². The van der Waals surface area contributed by atoms with Gasteiger partial charge in [-0.3, -0.25) is 0 Å². The zero-order chi connectivity index (χ0) is 9.10. The van der Waals surface area contributed by atoms with E-state index in [1.165, 1.54) is 0 Å². The van der Waals surface area contributed by atoms with Crippen molar-refractivity contribution in [2.45, 2.75) is 6.54 Å². The highest BCUT2D eigenvalue weighted by atomic mass is 32.1. The van der Waals surface area contributed by atoms with Crippen LogP contribution < -0.4 is 0 Å². The van der Waals surface area contributed by atoms with Crippen molar-refractivity contribution in [2.75, 3.05) is 0 Å². The van der Waals surface area contributed by atoms with Crippen molar-refractivity contribution in [3.05, 3.63) is 30.1 Å². The maximum absolute atomic E-state index is 4.51. The average Bonchev–Trinajstić information content (AvgIpc) is 2.62. The van der Waals surface area contributed by atoms with Crippen molar-refractivity contribution in [1.29, 1.82) is 0 Å². The van der Waals surface area contributed by atoms with Crippen LogP contribution in [0, 0.1) is 0 Å². The fourth-order valence-corrected chi connectivity index (χ4v) is 1.34. The Bertz CT molecular complexity index is 468. The van der Waals surface area contributed by atoms with Gasteiger partial charge in [0.1, 0.15) is 5.65 Å². The molecule has 64 valence electrons. The summed E-state index contributed by atoms with van der Waals surface area (Å²) in [6.45, 7) is 0.570. The summed E-state index contributed by atoms with van der Waals surface area (Å²) >= 11 is 4.51. The molecule has 13 heavy (non-hydrogen) atoms. The highest BCUT2D eigenvalue weighted by Gasteiger charge is 2.00. The predicted octanol–water partition coefficient (Wildman–Crippen LogP) is 2.17. The van der Waals surface area contributed by atoms with E-state index in [2.05, 4.69) is 32.3 Å². The first-order valence-corrected chi connectivity index (χ1v) is 4.27. The number of thiocarbonyl (C=S) groups is 1. The first kappa shape index (κ1) is 8.10. The minimum Gasteiger partial charge on any atom is -0.346 e. The Balaban J connectivity index is 2.54. The van der Waals surface area contributed by atoms with E-state index in [1.807, 2.05) is 18.3 Å². The molecular formula is C9H7N3S. The molecule has 2 rings (SSSR count). The summed E-state index contributed by atoms with van der Waals surface area (Å²) in [7, 11) is 0. The van der Waals surface area contributed by atoms with Crippen molar-refractivity contribution in [3.63, 3.8) is 0 Å². The third-order valence-corrected chi connectivity index (χ3v) is 1.99. The van der Waals surface area contributed by atoms with Crippen molar-refractivity contribution in [2.24, 2.45) is 4.99 Å². The second kappa shape index (κ2) is 3.47. The number of isothiocyanates is 1. The normalized spacial score (nSPS) is 9.85. The molecule has 0 fully saturated rings. The fourth-order valence-electron chi connectivity index (χ4n) is 1.27. The summed E-state index contributed by atoms with van der Waals surface area (Å²) in [4.78, 5) is 11.1. The lowest BCUT2D eigenvalue weighted by Gasteiger charge is -1.96. The van der Waals surface area contributed by atoms with E-state index in [0.717, 1.165) is 16.6 Å². The van der Waals surface area contributed by atoms with E-state index in [9.17, 15) is 0 Å². The maximum Gasteiger partial charge on any atom is 0.137 e. The average molecular weight is 189 g/mol. The van der Waals surface area contributed by atoms with Gasteiger partial charge in [0, 0.05) is 17.8 Å². The number of H-pyrrole nitrogens is 1. The third-order valence-electron chi connectivity index (χ3n) is 1.86. The number of hydrogen-bond acceptors (Lipinski definition) is 3. The van der Waals surface area contributed by atoms with Crippen LogP contribution in [0.1, 0.15) is 5.56 Å². The van der Waals surface area contributed by atoms with Crippen LogP contribution in [-0.4, -0.2) is 15.1 Å². The number of nitrogens with one attached hydrogen (secondary N) is 1. The molecule has 1 N–H and O–H groups in total. The number of pyridine rings is 1. The van der Waals surface area contributed by atoms with Gasteiger partial charge in [0.2, 0.25) is 0 Å². The van der Waals surface area contributed by atoms with Gasteiger partial charge >= 0.3 is 0 Å². The Kier molecular flexibility index (Phi) is 2.17. The molecule has 0 aliphatic carbocycles. The van der Waals surface area contributed by atoms with E-state index in [1.54, 1.807) is 6.20 Å². The summed E-state index contributed by atoms with van der Waals surface area (Å²) in [5.41, 5.74) is 2.00. The Morgan fingerprint density at radius 3 is 3.31 bits per heavy atom. The van der Waals surface area contributed by atoms with Gasteiger partial charge in [-0.15, -0.1) is 0 Å². The summed E-state index contributed by atoms with van der Waals surface area (Å²) < 4.78 is 0. The Morgan fingerprint density at radius 2 is 2.46 bits per heavy atom. The first-order chi connectivity index (χ1) is 6.42. The SMILES string of the molecule is S=C=NCc1ccnc2[nH]ccc12. The number of aliphatic imine (C=N–C) groups is 1. The monoisotopic (exact) mass is 189 g/mol. The Labute approximate surface area is 80.5 Å². The highest BCUT2D eigenvalue weighted by molar-refractivity contribution is 7.78. The molecular weight excluding hydrogens is 182 g/mol. The Morgan fingerprint density at radius 1 is 1.54 bits per heavy atom. The smallest absolute Gasteiger partial charge is 0.137 e. The Hall–Kier alpha value is -1.51. The van der Waals surface area contributed by atoms with E-state index in [4.69, 9.17) is 0 Å². The van der Waals surface area contributed by atoms with Crippen molar-refractivity contribution in [3.8, 4) is 0 Å². The van der Waals surface area contributed by atoms with Crippen LogP contribution in [0.4, 0.5) is 0 Å². The van der Waals surface area contributed by atoms with Crippen LogP contribution in [0.5, 0.6) is 0 Å². The van der Waals surface area contributed by atoms with Crippen LogP contribution in [-0.2, 0) is 6.54 Å². The number of hydrogen-bond donors (Lipinski definition) is 1. The molecule has 4 heteroatoms. The molecule has 0 aliphatic rings. The number of rotatable bonds is 2. The second-order valence-corrected chi connectivity index (χ2v) is 2.80. The predicted molar refractivity (Wildman–Crippen MR) is 54.8 cm³/mol.